The average Bonchev–Trinajstić information content (AvgIpc) is 2.53. The van der Waals surface area contributed by atoms with Gasteiger partial charge < -0.3 is 14.8 Å². The normalized spacial score (nSPS) is 12.0. The van der Waals surface area contributed by atoms with Gasteiger partial charge in [0, 0.05) is 12.3 Å². The Morgan fingerprint density at radius 1 is 1.24 bits per heavy atom. The summed E-state index contributed by atoms with van der Waals surface area (Å²) in [5.74, 6) is 1.33. The number of hydrogen-bond acceptors (Lipinski definition) is 5. The van der Waals surface area contributed by atoms with Crippen molar-refractivity contribution in [1.82, 2.24) is 15.1 Å². The monoisotopic (exact) mass is 289 g/mol. The fourth-order valence-electron chi connectivity index (χ4n) is 2.13. The molecule has 1 atom stereocenters. The van der Waals surface area contributed by atoms with E-state index in [1.54, 1.807) is 26.5 Å². The summed E-state index contributed by atoms with van der Waals surface area (Å²) in [5, 5.41) is 7.26. The third-order valence-corrected chi connectivity index (χ3v) is 3.30. The van der Waals surface area contributed by atoms with E-state index in [9.17, 15) is 4.79 Å². The Balaban J connectivity index is 2.29. The summed E-state index contributed by atoms with van der Waals surface area (Å²) >= 11 is 0. The van der Waals surface area contributed by atoms with Crippen molar-refractivity contribution < 1.29 is 9.47 Å². The van der Waals surface area contributed by atoms with Crippen molar-refractivity contribution in [2.24, 2.45) is 0 Å². The highest BCUT2D eigenvalue weighted by Gasteiger charge is 2.14. The summed E-state index contributed by atoms with van der Waals surface area (Å²) in [7, 11) is 5.04. The number of rotatable bonds is 6. The van der Waals surface area contributed by atoms with Gasteiger partial charge in [-0.2, -0.15) is 5.10 Å². The van der Waals surface area contributed by atoms with Crippen molar-refractivity contribution in [2.45, 2.75) is 12.6 Å². The van der Waals surface area contributed by atoms with Gasteiger partial charge in [-0.3, -0.25) is 4.79 Å². The minimum absolute atomic E-state index is 0.0580. The molecule has 2 aromatic rings. The van der Waals surface area contributed by atoms with Gasteiger partial charge >= 0.3 is 0 Å². The van der Waals surface area contributed by atoms with Gasteiger partial charge in [-0.1, -0.05) is 6.07 Å². The van der Waals surface area contributed by atoms with Gasteiger partial charge in [-0.25, -0.2) is 4.68 Å². The second-order valence-electron chi connectivity index (χ2n) is 4.50. The Morgan fingerprint density at radius 2 is 2.00 bits per heavy atom. The molecule has 112 valence electrons. The summed E-state index contributed by atoms with van der Waals surface area (Å²) in [6.07, 6.45) is 1.60. The van der Waals surface area contributed by atoms with E-state index >= 15 is 0 Å². The molecule has 0 aliphatic carbocycles. The molecule has 1 aromatic carbocycles. The first kappa shape index (κ1) is 15.1. The first-order chi connectivity index (χ1) is 10.2. The van der Waals surface area contributed by atoms with Crippen LogP contribution in [0.1, 0.15) is 11.6 Å². The number of nitrogens with one attached hydrogen (secondary N) is 1. The molecule has 0 saturated heterocycles. The maximum atomic E-state index is 11.8. The van der Waals surface area contributed by atoms with Gasteiger partial charge in [-0.05, 0) is 30.8 Å². The molecule has 1 unspecified atom stereocenters. The van der Waals surface area contributed by atoms with E-state index in [0.717, 1.165) is 5.56 Å². The molecule has 0 bridgehead atoms. The van der Waals surface area contributed by atoms with E-state index < -0.39 is 0 Å². The standard InChI is InChI=1S/C15H19N3O3/c1-16-12(10-18-15(19)5-4-8-17-18)11-6-7-13(20-2)14(9-11)21-3/h4-9,12,16H,10H2,1-3H3. The zero-order chi connectivity index (χ0) is 15.2. The van der Waals surface area contributed by atoms with Crippen LogP contribution in [0.2, 0.25) is 0 Å². The molecular weight excluding hydrogens is 270 g/mol. The zero-order valence-corrected chi connectivity index (χ0v) is 12.4. The van der Waals surface area contributed by atoms with Crippen LogP contribution >= 0.6 is 0 Å². The minimum atomic E-state index is -0.127. The SMILES string of the molecule is CNC(Cn1ncccc1=O)c1ccc(OC)c(OC)c1. The molecular formula is C15H19N3O3. The summed E-state index contributed by atoms with van der Waals surface area (Å²) in [6.45, 7) is 0.436. The van der Waals surface area contributed by atoms with E-state index in [2.05, 4.69) is 10.4 Å². The second kappa shape index (κ2) is 6.90. The Morgan fingerprint density at radius 3 is 2.62 bits per heavy atom. The fraction of sp³-hybridized carbons (Fsp3) is 0.333. The topological polar surface area (TPSA) is 65.4 Å². The molecule has 2 rings (SSSR count). The van der Waals surface area contributed by atoms with E-state index in [4.69, 9.17) is 9.47 Å². The highest BCUT2D eigenvalue weighted by molar-refractivity contribution is 5.43. The molecule has 0 radical (unpaired) electrons. The van der Waals surface area contributed by atoms with Gasteiger partial charge in [0.2, 0.25) is 0 Å². The molecule has 0 saturated carbocycles. The molecule has 21 heavy (non-hydrogen) atoms. The van der Waals surface area contributed by atoms with Crippen LogP contribution in [0.4, 0.5) is 0 Å². The Labute approximate surface area is 123 Å². The minimum Gasteiger partial charge on any atom is -0.493 e. The molecule has 6 nitrogen and oxygen atoms in total. The Bertz CT molecular complexity index is 655. The molecule has 0 amide bonds. The van der Waals surface area contributed by atoms with Crippen LogP contribution in [0.3, 0.4) is 0 Å². The Hall–Kier alpha value is -2.34. The molecule has 0 spiro atoms. The van der Waals surface area contributed by atoms with Crippen molar-refractivity contribution in [2.75, 3.05) is 21.3 Å². The molecule has 1 N–H and O–H groups in total. The lowest BCUT2D eigenvalue weighted by molar-refractivity contribution is 0.353. The zero-order valence-electron chi connectivity index (χ0n) is 12.4. The maximum absolute atomic E-state index is 11.8. The van der Waals surface area contributed by atoms with E-state index in [-0.39, 0.29) is 11.6 Å². The van der Waals surface area contributed by atoms with E-state index in [1.807, 2.05) is 25.2 Å². The smallest absolute Gasteiger partial charge is 0.266 e. The van der Waals surface area contributed by atoms with Crippen molar-refractivity contribution in [1.29, 1.82) is 0 Å². The van der Waals surface area contributed by atoms with Gasteiger partial charge in [0.15, 0.2) is 11.5 Å². The lowest BCUT2D eigenvalue weighted by atomic mass is 10.1. The first-order valence-electron chi connectivity index (χ1n) is 6.61. The van der Waals surface area contributed by atoms with Crippen LogP contribution in [-0.4, -0.2) is 31.0 Å². The molecule has 6 heteroatoms. The fourth-order valence-corrected chi connectivity index (χ4v) is 2.13. The van der Waals surface area contributed by atoms with Gasteiger partial charge in [-0.15, -0.1) is 0 Å². The third-order valence-electron chi connectivity index (χ3n) is 3.30. The molecule has 0 fully saturated rings. The average molecular weight is 289 g/mol. The third kappa shape index (κ3) is 3.41. The van der Waals surface area contributed by atoms with E-state index in [1.165, 1.54) is 10.7 Å². The van der Waals surface area contributed by atoms with Crippen LogP contribution in [0.5, 0.6) is 11.5 Å². The van der Waals surface area contributed by atoms with Crippen molar-refractivity contribution >= 4 is 0 Å². The van der Waals surface area contributed by atoms with Crippen LogP contribution in [0.15, 0.2) is 41.3 Å². The molecule has 1 heterocycles. The van der Waals surface area contributed by atoms with Crippen LogP contribution in [0.25, 0.3) is 0 Å². The predicted octanol–water partition coefficient (Wildman–Crippen LogP) is 1.22. The summed E-state index contributed by atoms with van der Waals surface area (Å²) < 4.78 is 12.0. The summed E-state index contributed by atoms with van der Waals surface area (Å²) in [6, 6.07) is 8.75. The lowest BCUT2D eigenvalue weighted by Gasteiger charge is -2.18. The van der Waals surface area contributed by atoms with Crippen molar-refractivity contribution in [3.63, 3.8) is 0 Å². The van der Waals surface area contributed by atoms with Crippen LogP contribution in [-0.2, 0) is 6.54 Å². The lowest BCUT2D eigenvalue weighted by Crippen LogP contribution is -2.29. The second-order valence-corrected chi connectivity index (χ2v) is 4.50. The number of ether oxygens (including phenoxy) is 2. The largest absolute Gasteiger partial charge is 0.493 e. The van der Waals surface area contributed by atoms with Crippen LogP contribution < -0.4 is 20.3 Å². The van der Waals surface area contributed by atoms with Gasteiger partial charge in [0.05, 0.1) is 26.8 Å². The van der Waals surface area contributed by atoms with Gasteiger partial charge in [0.1, 0.15) is 0 Å². The predicted molar refractivity (Wildman–Crippen MR) is 79.8 cm³/mol. The highest BCUT2D eigenvalue weighted by atomic mass is 16.5. The quantitative estimate of drug-likeness (QED) is 0.866. The molecule has 0 aliphatic heterocycles. The number of hydrogen-bond donors (Lipinski definition) is 1. The van der Waals surface area contributed by atoms with Crippen molar-refractivity contribution in [3.05, 3.63) is 52.4 Å². The number of nitrogens with zero attached hydrogens (tertiary/aromatic N) is 2. The molecule has 0 aliphatic rings. The first-order valence-corrected chi connectivity index (χ1v) is 6.61. The number of methoxy groups -OCH3 is 2. The Kier molecular flexibility index (Phi) is 4.94. The number of likely N-dealkylation sites (N-methyl/N-ethyl adjacent to an activating group) is 1. The van der Waals surface area contributed by atoms with Gasteiger partial charge in [0.25, 0.3) is 5.56 Å². The van der Waals surface area contributed by atoms with Crippen molar-refractivity contribution in [3.8, 4) is 11.5 Å². The number of benzene rings is 1. The highest BCUT2D eigenvalue weighted by Crippen LogP contribution is 2.30. The maximum Gasteiger partial charge on any atom is 0.266 e. The molecule has 1 aromatic heterocycles. The summed E-state index contributed by atoms with van der Waals surface area (Å²) in [5.41, 5.74) is 0.867. The van der Waals surface area contributed by atoms with E-state index in [0.29, 0.717) is 18.0 Å². The van der Waals surface area contributed by atoms with Crippen LogP contribution in [0, 0.1) is 0 Å². The number of aromatic nitrogens is 2. The summed E-state index contributed by atoms with van der Waals surface area (Å²) in [4.78, 5) is 11.8.